The molecule has 0 bridgehead atoms. The van der Waals surface area contributed by atoms with E-state index in [9.17, 15) is 0 Å². The summed E-state index contributed by atoms with van der Waals surface area (Å²) in [5, 5.41) is 0. The van der Waals surface area contributed by atoms with Crippen LogP contribution in [0.4, 0.5) is 0 Å². The molecule has 0 heterocycles. The third kappa shape index (κ3) is 8.73. The lowest BCUT2D eigenvalue weighted by Crippen LogP contribution is -2.23. The largest absolute Gasteiger partial charge is 0.465 e. The summed E-state index contributed by atoms with van der Waals surface area (Å²) in [5.41, 5.74) is 1.95. The molecule has 0 N–H and O–H groups in total. The molecule has 2 unspecified atom stereocenters. The molecule has 1 rings (SSSR count). The zero-order valence-electron chi connectivity index (χ0n) is 17.7. The highest BCUT2D eigenvalue weighted by atomic mass is 16.7. The summed E-state index contributed by atoms with van der Waals surface area (Å²) in [6.45, 7) is 22.5. The average molecular weight is 337 g/mol. The highest BCUT2D eigenvalue weighted by Crippen LogP contribution is 2.43. The third-order valence-corrected chi connectivity index (χ3v) is 3.85. The maximum atomic E-state index is 5.75. The molecule has 24 heavy (non-hydrogen) atoms. The second-order valence-corrected chi connectivity index (χ2v) is 8.39. The first-order chi connectivity index (χ1) is 11.0. The van der Waals surface area contributed by atoms with Gasteiger partial charge in [0.05, 0.1) is 0 Å². The Bertz CT molecular complexity index is 435. The van der Waals surface area contributed by atoms with Crippen LogP contribution < -0.4 is 4.74 Å². The molecule has 0 aliphatic rings. The van der Waals surface area contributed by atoms with Crippen molar-refractivity contribution in [2.24, 2.45) is 10.8 Å². The number of benzene rings is 1. The fourth-order valence-corrected chi connectivity index (χ4v) is 2.78. The standard InChI is InChI=1S/C20H34O2.C2H6/c1-9-21-15(2)22-17-12-10-16(11-13-17)18(20(6,7)8)14-19(3,4)5;1-2/h10-13,15,18H,9,14H2,1-8H3;1-2H3. The van der Waals surface area contributed by atoms with Gasteiger partial charge in [0.15, 0.2) is 6.29 Å². The van der Waals surface area contributed by atoms with Gasteiger partial charge in [0.2, 0.25) is 0 Å². The minimum Gasteiger partial charge on any atom is -0.465 e. The molecule has 2 nitrogen and oxygen atoms in total. The Morgan fingerprint density at radius 3 is 1.79 bits per heavy atom. The zero-order valence-corrected chi connectivity index (χ0v) is 17.7. The van der Waals surface area contributed by atoms with Gasteiger partial charge in [0, 0.05) is 6.61 Å². The number of hydrogen-bond donors (Lipinski definition) is 0. The minimum atomic E-state index is -0.205. The molecule has 0 saturated carbocycles. The van der Waals surface area contributed by atoms with E-state index in [0.29, 0.717) is 17.9 Å². The van der Waals surface area contributed by atoms with E-state index < -0.39 is 0 Å². The van der Waals surface area contributed by atoms with E-state index in [0.717, 1.165) is 5.75 Å². The zero-order chi connectivity index (χ0) is 19.0. The lowest BCUT2D eigenvalue weighted by Gasteiger charge is -2.36. The Hall–Kier alpha value is -1.02. The minimum absolute atomic E-state index is 0.205. The van der Waals surface area contributed by atoms with Crippen molar-refractivity contribution >= 4 is 0 Å². The summed E-state index contributed by atoms with van der Waals surface area (Å²) < 4.78 is 11.2. The molecule has 0 spiro atoms. The van der Waals surface area contributed by atoms with Gasteiger partial charge in [-0.25, -0.2) is 0 Å². The Kier molecular flexibility index (Phi) is 9.65. The van der Waals surface area contributed by atoms with Crippen LogP contribution in [-0.2, 0) is 4.74 Å². The summed E-state index contributed by atoms with van der Waals surface area (Å²) in [4.78, 5) is 0. The summed E-state index contributed by atoms with van der Waals surface area (Å²) >= 11 is 0. The smallest absolute Gasteiger partial charge is 0.196 e. The van der Waals surface area contributed by atoms with E-state index in [1.54, 1.807) is 0 Å². The van der Waals surface area contributed by atoms with Crippen LogP contribution in [0.2, 0.25) is 0 Å². The van der Waals surface area contributed by atoms with Crippen LogP contribution in [0.25, 0.3) is 0 Å². The van der Waals surface area contributed by atoms with Gasteiger partial charge in [-0.15, -0.1) is 0 Å². The topological polar surface area (TPSA) is 18.5 Å². The first-order valence-corrected chi connectivity index (χ1v) is 9.41. The summed E-state index contributed by atoms with van der Waals surface area (Å²) in [7, 11) is 0. The Balaban J connectivity index is 0.00000254. The fourth-order valence-electron chi connectivity index (χ4n) is 2.78. The number of hydrogen-bond acceptors (Lipinski definition) is 2. The lowest BCUT2D eigenvalue weighted by atomic mass is 9.69. The monoisotopic (exact) mass is 336 g/mol. The molecule has 0 aliphatic carbocycles. The molecule has 0 radical (unpaired) electrons. The highest BCUT2D eigenvalue weighted by Gasteiger charge is 2.30. The molecule has 1 aromatic rings. The molecule has 0 amide bonds. The Morgan fingerprint density at radius 1 is 0.917 bits per heavy atom. The highest BCUT2D eigenvalue weighted by molar-refractivity contribution is 5.30. The molecule has 0 saturated heterocycles. The van der Waals surface area contributed by atoms with E-state index in [1.165, 1.54) is 12.0 Å². The molecular formula is C22H40O2. The van der Waals surface area contributed by atoms with Crippen molar-refractivity contribution in [1.29, 1.82) is 0 Å². The van der Waals surface area contributed by atoms with Crippen molar-refractivity contribution in [3.05, 3.63) is 29.8 Å². The first kappa shape index (κ1) is 23.0. The normalized spacial score (nSPS) is 14.4. The maximum absolute atomic E-state index is 5.75. The number of ether oxygens (including phenoxy) is 2. The van der Waals surface area contributed by atoms with Crippen molar-refractivity contribution in [3.63, 3.8) is 0 Å². The van der Waals surface area contributed by atoms with Gasteiger partial charge in [0.25, 0.3) is 0 Å². The van der Waals surface area contributed by atoms with Gasteiger partial charge in [-0.2, -0.15) is 0 Å². The molecule has 0 aromatic heterocycles. The van der Waals surface area contributed by atoms with Crippen molar-refractivity contribution in [2.45, 2.75) is 87.9 Å². The van der Waals surface area contributed by atoms with Gasteiger partial charge in [-0.05, 0) is 54.7 Å². The van der Waals surface area contributed by atoms with E-state index in [4.69, 9.17) is 9.47 Å². The van der Waals surface area contributed by atoms with Crippen LogP contribution in [0.1, 0.15) is 87.1 Å². The molecule has 140 valence electrons. The summed E-state index contributed by atoms with van der Waals surface area (Å²) in [6.07, 6.45) is 0.968. The van der Waals surface area contributed by atoms with E-state index >= 15 is 0 Å². The number of rotatable bonds is 6. The average Bonchev–Trinajstić information content (AvgIpc) is 2.46. The van der Waals surface area contributed by atoms with Gasteiger partial charge >= 0.3 is 0 Å². The lowest BCUT2D eigenvalue weighted by molar-refractivity contribution is -0.0613. The SMILES string of the molecule is CC.CCOC(C)Oc1ccc(C(CC(C)(C)C)C(C)(C)C)cc1. The fraction of sp³-hybridized carbons (Fsp3) is 0.727. The Morgan fingerprint density at radius 2 is 1.42 bits per heavy atom. The van der Waals surface area contributed by atoms with Crippen LogP contribution in [0.5, 0.6) is 5.75 Å². The van der Waals surface area contributed by atoms with Gasteiger partial charge < -0.3 is 9.47 Å². The third-order valence-electron chi connectivity index (χ3n) is 3.85. The van der Waals surface area contributed by atoms with Gasteiger partial charge in [0.1, 0.15) is 5.75 Å². The predicted octanol–water partition coefficient (Wildman–Crippen LogP) is 7.04. The quantitative estimate of drug-likeness (QED) is 0.519. The predicted molar refractivity (Wildman–Crippen MR) is 106 cm³/mol. The Labute approximate surface area is 151 Å². The molecule has 2 heteroatoms. The second kappa shape index (κ2) is 10.1. The van der Waals surface area contributed by atoms with Gasteiger partial charge in [-0.3, -0.25) is 0 Å². The van der Waals surface area contributed by atoms with E-state index in [-0.39, 0.29) is 11.7 Å². The first-order valence-electron chi connectivity index (χ1n) is 9.41. The van der Waals surface area contributed by atoms with E-state index in [2.05, 4.69) is 65.8 Å². The maximum Gasteiger partial charge on any atom is 0.196 e. The van der Waals surface area contributed by atoms with Crippen molar-refractivity contribution < 1.29 is 9.47 Å². The summed E-state index contributed by atoms with van der Waals surface area (Å²) in [6, 6.07) is 8.53. The van der Waals surface area contributed by atoms with Crippen molar-refractivity contribution in [2.75, 3.05) is 6.61 Å². The molecule has 0 aliphatic heterocycles. The molecular weight excluding hydrogens is 296 g/mol. The van der Waals surface area contributed by atoms with Gasteiger partial charge in [-0.1, -0.05) is 67.5 Å². The van der Waals surface area contributed by atoms with Crippen molar-refractivity contribution in [3.8, 4) is 5.75 Å². The van der Waals surface area contributed by atoms with Crippen molar-refractivity contribution in [1.82, 2.24) is 0 Å². The second-order valence-electron chi connectivity index (χ2n) is 8.39. The van der Waals surface area contributed by atoms with Crippen LogP contribution >= 0.6 is 0 Å². The molecule has 1 aromatic carbocycles. The van der Waals surface area contributed by atoms with Crippen LogP contribution in [-0.4, -0.2) is 12.9 Å². The molecule has 0 fully saturated rings. The van der Waals surface area contributed by atoms with Crippen LogP contribution in [0.3, 0.4) is 0 Å². The van der Waals surface area contributed by atoms with E-state index in [1.807, 2.05) is 27.7 Å². The summed E-state index contributed by atoms with van der Waals surface area (Å²) in [5.74, 6) is 1.40. The molecule has 2 atom stereocenters. The van der Waals surface area contributed by atoms with Crippen LogP contribution in [0, 0.1) is 10.8 Å². The van der Waals surface area contributed by atoms with Crippen LogP contribution in [0.15, 0.2) is 24.3 Å².